The summed E-state index contributed by atoms with van der Waals surface area (Å²) in [5.74, 6) is 0.451. The van der Waals surface area contributed by atoms with Crippen LogP contribution < -0.4 is 0 Å². The van der Waals surface area contributed by atoms with Crippen molar-refractivity contribution in [1.29, 1.82) is 0 Å². The van der Waals surface area contributed by atoms with Gasteiger partial charge in [0.25, 0.3) is 0 Å². The summed E-state index contributed by atoms with van der Waals surface area (Å²) < 4.78 is 12.0. The molecule has 136 valence electrons. The fraction of sp³-hybridized carbons (Fsp3) is 0.450. The maximum absolute atomic E-state index is 13.0. The van der Waals surface area contributed by atoms with Crippen LogP contribution in [0.15, 0.2) is 34.9 Å². The number of thiazole rings is 1. The summed E-state index contributed by atoms with van der Waals surface area (Å²) in [6.45, 7) is 1.99. The lowest BCUT2D eigenvalue weighted by Crippen LogP contribution is -2.37. The molecule has 0 unspecified atom stereocenters. The molecule has 2 heterocycles. The highest BCUT2D eigenvalue weighted by Crippen LogP contribution is 2.41. The van der Waals surface area contributed by atoms with Crippen molar-refractivity contribution in [2.45, 2.75) is 52.1 Å². The maximum atomic E-state index is 13.0. The van der Waals surface area contributed by atoms with Crippen LogP contribution in [0.5, 0.6) is 0 Å². The number of rotatable bonds is 5. The summed E-state index contributed by atoms with van der Waals surface area (Å²) in [5, 5.41) is 4.86. The van der Waals surface area contributed by atoms with Gasteiger partial charge in [0, 0.05) is 12.5 Å². The van der Waals surface area contributed by atoms with Gasteiger partial charge in [0.2, 0.25) is 0 Å². The Bertz CT molecular complexity index is 876. The van der Waals surface area contributed by atoms with Crippen molar-refractivity contribution in [2.24, 2.45) is 5.41 Å². The minimum Gasteiger partial charge on any atom is -0.457 e. The second-order valence-corrected chi connectivity index (χ2v) is 8.22. The largest absolute Gasteiger partial charge is 0.457 e. The Morgan fingerprint density at radius 2 is 2.08 bits per heavy atom. The fourth-order valence-electron chi connectivity index (χ4n) is 3.74. The number of fused-ring (bicyclic) bond motifs is 1. The molecule has 1 aromatic carbocycles. The molecule has 0 bridgehead atoms. The lowest BCUT2D eigenvalue weighted by atomic mass is 9.72. The normalized spacial score (nSPS) is 16.7. The zero-order chi connectivity index (χ0) is 18.0. The van der Waals surface area contributed by atoms with Crippen molar-refractivity contribution < 1.29 is 14.1 Å². The highest BCUT2D eigenvalue weighted by Gasteiger charge is 2.42. The van der Waals surface area contributed by atoms with Gasteiger partial charge in [-0.3, -0.25) is 4.79 Å². The van der Waals surface area contributed by atoms with Crippen LogP contribution in [0.1, 0.15) is 48.6 Å². The van der Waals surface area contributed by atoms with Crippen molar-refractivity contribution in [2.75, 3.05) is 0 Å². The van der Waals surface area contributed by atoms with Crippen molar-refractivity contribution in [3.63, 3.8) is 0 Å². The first-order valence-electron chi connectivity index (χ1n) is 9.09. The average molecular weight is 370 g/mol. The van der Waals surface area contributed by atoms with Crippen LogP contribution in [0.4, 0.5) is 0 Å². The summed E-state index contributed by atoms with van der Waals surface area (Å²) in [6, 6.07) is 9.92. The Balaban J connectivity index is 1.53. The number of aryl methyl sites for hydroxylation is 1. The Labute approximate surface area is 156 Å². The van der Waals surface area contributed by atoms with Gasteiger partial charge in [0.15, 0.2) is 12.4 Å². The predicted molar refractivity (Wildman–Crippen MR) is 99.9 cm³/mol. The topological polar surface area (TPSA) is 65.2 Å². The third-order valence-electron chi connectivity index (χ3n) is 5.09. The molecule has 0 saturated heterocycles. The molecule has 0 N–H and O–H groups in total. The maximum Gasteiger partial charge on any atom is 0.312 e. The molecule has 0 spiro atoms. The van der Waals surface area contributed by atoms with E-state index < -0.39 is 5.41 Å². The number of para-hydroxylation sites is 1. The molecule has 6 heteroatoms. The molecule has 1 aliphatic carbocycles. The molecule has 1 saturated carbocycles. The van der Waals surface area contributed by atoms with Crippen LogP contribution in [0.3, 0.4) is 0 Å². The van der Waals surface area contributed by atoms with E-state index in [9.17, 15) is 4.79 Å². The quantitative estimate of drug-likeness (QED) is 0.602. The molecule has 0 radical (unpaired) electrons. The molecule has 0 amide bonds. The number of hydrogen-bond donors (Lipinski definition) is 0. The smallest absolute Gasteiger partial charge is 0.312 e. The Morgan fingerprint density at radius 1 is 1.27 bits per heavy atom. The molecule has 26 heavy (non-hydrogen) atoms. The first-order chi connectivity index (χ1) is 12.6. The van der Waals surface area contributed by atoms with Gasteiger partial charge in [-0.25, -0.2) is 4.98 Å². The Hall–Kier alpha value is -2.21. The first-order valence-corrected chi connectivity index (χ1v) is 9.90. The molecule has 0 aliphatic heterocycles. The van der Waals surface area contributed by atoms with E-state index in [-0.39, 0.29) is 12.6 Å². The number of esters is 1. The van der Waals surface area contributed by atoms with E-state index in [0.717, 1.165) is 41.9 Å². The monoisotopic (exact) mass is 370 g/mol. The molecular weight excluding hydrogens is 348 g/mol. The SMILES string of the molecule is Cc1cc(COC(=O)C2(Cc3nc4ccccc4s3)CCCCC2)on1. The van der Waals surface area contributed by atoms with Crippen LogP contribution in [-0.2, 0) is 22.6 Å². The number of ether oxygens (including phenoxy) is 1. The van der Waals surface area contributed by atoms with Crippen molar-refractivity contribution >= 4 is 27.5 Å². The summed E-state index contributed by atoms with van der Waals surface area (Å²) >= 11 is 1.68. The van der Waals surface area contributed by atoms with E-state index in [1.54, 1.807) is 17.4 Å². The van der Waals surface area contributed by atoms with E-state index in [1.807, 2.05) is 25.1 Å². The van der Waals surface area contributed by atoms with Gasteiger partial charge in [0.05, 0.1) is 26.3 Å². The van der Waals surface area contributed by atoms with E-state index in [1.165, 1.54) is 11.1 Å². The van der Waals surface area contributed by atoms with Crippen molar-refractivity contribution in [3.8, 4) is 0 Å². The predicted octanol–water partition coefficient (Wildman–Crippen LogP) is 4.83. The summed E-state index contributed by atoms with van der Waals surface area (Å²) in [6.07, 6.45) is 5.66. The lowest BCUT2D eigenvalue weighted by molar-refractivity contribution is -0.160. The van der Waals surface area contributed by atoms with E-state index in [0.29, 0.717) is 12.2 Å². The van der Waals surface area contributed by atoms with Crippen molar-refractivity contribution in [1.82, 2.24) is 10.1 Å². The summed E-state index contributed by atoms with van der Waals surface area (Å²) in [7, 11) is 0. The molecular formula is C20H22N2O3S. The highest BCUT2D eigenvalue weighted by atomic mass is 32.1. The fourth-order valence-corrected chi connectivity index (χ4v) is 4.85. The lowest BCUT2D eigenvalue weighted by Gasteiger charge is -2.34. The molecule has 0 atom stereocenters. The second-order valence-electron chi connectivity index (χ2n) is 7.10. The second kappa shape index (κ2) is 7.19. The van der Waals surface area contributed by atoms with E-state index in [2.05, 4.69) is 11.2 Å². The first kappa shape index (κ1) is 17.2. The van der Waals surface area contributed by atoms with Crippen LogP contribution in [-0.4, -0.2) is 16.1 Å². The minimum atomic E-state index is -0.471. The average Bonchev–Trinajstić information content (AvgIpc) is 3.25. The Morgan fingerprint density at radius 3 is 2.81 bits per heavy atom. The molecule has 1 aliphatic rings. The van der Waals surface area contributed by atoms with E-state index in [4.69, 9.17) is 14.2 Å². The molecule has 1 fully saturated rings. The van der Waals surface area contributed by atoms with Crippen LogP contribution in [0.25, 0.3) is 10.2 Å². The number of carbonyl (C=O) groups is 1. The third kappa shape index (κ3) is 3.51. The molecule has 2 aromatic heterocycles. The van der Waals surface area contributed by atoms with Crippen molar-refractivity contribution in [3.05, 3.63) is 46.8 Å². The molecule has 3 aromatic rings. The standard InChI is InChI=1S/C20H22N2O3S/c1-14-11-15(25-22-14)13-24-19(23)20(9-5-2-6-10-20)12-18-21-16-7-3-4-8-17(16)26-18/h3-4,7-8,11H,2,5-6,9-10,12-13H2,1H3. The van der Waals surface area contributed by atoms with Gasteiger partial charge < -0.3 is 9.26 Å². The highest BCUT2D eigenvalue weighted by molar-refractivity contribution is 7.18. The van der Waals surface area contributed by atoms with Crippen LogP contribution in [0, 0.1) is 12.3 Å². The van der Waals surface area contributed by atoms with Gasteiger partial charge in [-0.2, -0.15) is 0 Å². The van der Waals surface area contributed by atoms with Crippen LogP contribution >= 0.6 is 11.3 Å². The zero-order valence-electron chi connectivity index (χ0n) is 14.9. The number of hydrogen-bond acceptors (Lipinski definition) is 6. The number of nitrogens with zero attached hydrogens (tertiary/aromatic N) is 2. The number of benzene rings is 1. The van der Waals surface area contributed by atoms with Gasteiger partial charge >= 0.3 is 5.97 Å². The van der Waals surface area contributed by atoms with E-state index >= 15 is 0 Å². The molecule has 4 rings (SSSR count). The van der Waals surface area contributed by atoms with Gasteiger partial charge in [-0.05, 0) is 31.9 Å². The zero-order valence-corrected chi connectivity index (χ0v) is 15.7. The van der Waals surface area contributed by atoms with Gasteiger partial charge in [-0.15, -0.1) is 11.3 Å². The Kier molecular flexibility index (Phi) is 4.76. The molecule has 5 nitrogen and oxygen atoms in total. The van der Waals surface area contributed by atoms with Gasteiger partial charge in [-0.1, -0.05) is 36.6 Å². The summed E-state index contributed by atoms with van der Waals surface area (Å²) in [4.78, 5) is 17.8. The summed E-state index contributed by atoms with van der Waals surface area (Å²) in [5.41, 5.74) is 1.32. The third-order valence-corrected chi connectivity index (χ3v) is 6.13. The number of aromatic nitrogens is 2. The van der Waals surface area contributed by atoms with Crippen LogP contribution in [0.2, 0.25) is 0 Å². The van der Waals surface area contributed by atoms with Gasteiger partial charge in [0.1, 0.15) is 0 Å². The number of carbonyl (C=O) groups excluding carboxylic acids is 1. The minimum absolute atomic E-state index is 0.134.